The second-order valence-corrected chi connectivity index (χ2v) is 6.45. The van der Waals surface area contributed by atoms with E-state index >= 15 is 0 Å². The number of rotatable bonds is 6. The van der Waals surface area contributed by atoms with Gasteiger partial charge in [0, 0.05) is 23.9 Å². The maximum absolute atomic E-state index is 13.0. The maximum Gasteiger partial charge on any atom is 0.166 e. The maximum atomic E-state index is 13.0. The van der Waals surface area contributed by atoms with Crippen molar-refractivity contribution in [1.82, 2.24) is 9.88 Å². The summed E-state index contributed by atoms with van der Waals surface area (Å²) in [6.07, 6.45) is 7.66. The lowest BCUT2D eigenvalue weighted by atomic mass is 9.89. The normalized spacial score (nSPS) is 16.2. The summed E-state index contributed by atoms with van der Waals surface area (Å²) in [6, 6.07) is 10.00. The zero-order valence-corrected chi connectivity index (χ0v) is 13.8. The molecule has 1 aromatic carbocycles. The van der Waals surface area contributed by atoms with E-state index in [0.29, 0.717) is 5.56 Å². The molecule has 1 aliphatic heterocycles. The lowest BCUT2D eigenvalue weighted by Gasteiger charge is -2.31. The second-order valence-electron chi connectivity index (χ2n) is 6.45. The van der Waals surface area contributed by atoms with E-state index in [-0.39, 0.29) is 17.5 Å². The second kappa shape index (κ2) is 8.15. The van der Waals surface area contributed by atoms with E-state index in [1.165, 1.54) is 17.7 Å². The van der Waals surface area contributed by atoms with Crippen LogP contribution in [0.1, 0.15) is 35.2 Å². The van der Waals surface area contributed by atoms with Crippen LogP contribution in [0, 0.1) is 11.7 Å². The predicted octanol–water partition coefficient (Wildman–Crippen LogP) is 3.75. The van der Waals surface area contributed by atoms with Crippen molar-refractivity contribution >= 4 is 5.78 Å². The minimum atomic E-state index is -0.296. The summed E-state index contributed by atoms with van der Waals surface area (Å²) < 4.78 is 13.0. The minimum Gasteiger partial charge on any atom is -0.303 e. The van der Waals surface area contributed by atoms with Gasteiger partial charge in [0.25, 0.3) is 0 Å². The molecule has 126 valence electrons. The molecule has 0 unspecified atom stereocenters. The van der Waals surface area contributed by atoms with Crippen molar-refractivity contribution in [3.8, 4) is 0 Å². The molecule has 0 N–H and O–H groups in total. The number of likely N-dealkylation sites (tertiary alicyclic amines) is 1. The first kappa shape index (κ1) is 16.8. The Morgan fingerprint density at radius 2 is 1.92 bits per heavy atom. The van der Waals surface area contributed by atoms with E-state index in [1.807, 2.05) is 12.3 Å². The lowest BCUT2D eigenvalue weighted by Crippen LogP contribution is -2.37. The Hall–Kier alpha value is -2.07. The van der Waals surface area contributed by atoms with Crippen molar-refractivity contribution in [2.75, 3.05) is 19.6 Å². The van der Waals surface area contributed by atoms with Crippen molar-refractivity contribution in [3.63, 3.8) is 0 Å². The third-order valence-corrected chi connectivity index (χ3v) is 4.75. The van der Waals surface area contributed by atoms with E-state index in [4.69, 9.17) is 0 Å². The third kappa shape index (κ3) is 4.48. The number of hydrogen-bond acceptors (Lipinski definition) is 3. The topological polar surface area (TPSA) is 33.2 Å². The molecule has 1 aliphatic rings. The number of aryl methyl sites for hydroxylation is 1. The number of carbonyl (C=O) groups excluding carboxylic acids is 1. The summed E-state index contributed by atoms with van der Waals surface area (Å²) in [5, 5.41) is 0. The molecule has 24 heavy (non-hydrogen) atoms. The number of hydrogen-bond donors (Lipinski definition) is 0. The number of piperidine rings is 1. The number of benzene rings is 1. The van der Waals surface area contributed by atoms with Crippen molar-refractivity contribution < 1.29 is 9.18 Å². The highest BCUT2D eigenvalue weighted by Crippen LogP contribution is 2.22. The molecule has 0 aliphatic carbocycles. The number of nitrogens with zero attached hydrogens (tertiary/aromatic N) is 2. The van der Waals surface area contributed by atoms with Crippen LogP contribution in [0.4, 0.5) is 4.39 Å². The van der Waals surface area contributed by atoms with Gasteiger partial charge in [-0.3, -0.25) is 9.78 Å². The van der Waals surface area contributed by atoms with Crippen LogP contribution in [0.2, 0.25) is 0 Å². The Balaban J connectivity index is 1.42. The molecule has 2 aromatic rings. The van der Waals surface area contributed by atoms with Crippen molar-refractivity contribution in [2.24, 2.45) is 5.92 Å². The molecule has 1 fully saturated rings. The van der Waals surface area contributed by atoms with Crippen LogP contribution in [-0.4, -0.2) is 35.3 Å². The number of halogens is 1. The van der Waals surface area contributed by atoms with E-state index in [2.05, 4.69) is 16.0 Å². The average molecular weight is 326 g/mol. The largest absolute Gasteiger partial charge is 0.303 e. The van der Waals surface area contributed by atoms with Crippen LogP contribution < -0.4 is 0 Å². The molecule has 0 saturated carbocycles. The molecule has 1 aromatic heterocycles. The number of carbonyl (C=O) groups is 1. The minimum absolute atomic E-state index is 0.0741. The SMILES string of the molecule is O=C(c1ccc(F)cc1)C1CCN(CCCc2cccnc2)CC1. The fourth-order valence-corrected chi connectivity index (χ4v) is 3.32. The molecule has 4 heteroatoms. The summed E-state index contributed by atoms with van der Waals surface area (Å²) >= 11 is 0. The predicted molar refractivity (Wildman–Crippen MR) is 92.5 cm³/mol. The van der Waals surface area contributed by atoms with Gasteiger partial charge in [-0.25, -0.2) is 4.39 Å². The molecule has 0 spiro atoms. The van der Waals surface area contributed by atoms with E-state index in [1.54, 1.807) is 18.3 Å². The highest BCUT2D eigenvalue weighted by molar-refractivity contribution is 5.97. The van der Waals surface area contributed by atoms with Crippen LogP contribution in [0.3, 0.4) is 0 Å². The number of ketones is 1. The Labute approximate surface area is 142 Å². The van der Waals surface area contributed by atoms with Gasteiger partial charge in [-0.1, -0.05) is 6.07 Å². The number of Topliss-reactive ketones (excluding diaryl/α,β-unsaturated/α-hetero) is 1. The van der Waals surface area contributed by atoms with Gasteiger partial charge in [-0.15, -0.1) is 0 Å². The van der Waals surface area contributed by atoms with Crippen LogP contribution >= 0.6 is 0 Å². The molecular weight excluding hydrogens is 303 g/mol. The molecule has 3 rings (SSSR count). The van der Waals surface area contributed by atoms with Gasteiger partial charge >= 0.3 is 0 Å². The summed E-state index contributed by atoms with van der Waals surface area (Å²) in [7, 11) is 0. The molecule has 0 atom stereocenters. The zero-order valence-electron chi connectivity index (χ0n) is 13.8. The van der Waals surface area contributed by atoms with E-state index in [0.717, 1.165) is 45.3 Å². The van der Waals surface area contributed by atoms with E-state index < -0.39 is 0 Å². The van der Waals surface area contributed by atoms with Gasteiger partial charge in [-0.2, -0.15) is 0 Å². The van der Waals surface area contributed by atoms with Crippen LogP contribution in [0.25, 0.3) is 0 Å². The van der Waals surface area contributed by atoms with Gasteiger partial charge in [0.2, 0.25) is 0 Å². The molecule has 0 amide bonds. The van der Waals surface area contributed by atoms with Gasteiger partial charge < -0.3 is 4.90 Å². The number of aromatic nitrogens is 1. The molecule has 2 heterocycles. The Kier molecular flexibility index (Phi) is 5.70. The zero-order chi connectivity index (χ0) is 16.8. The van der Waals surface area contributed by atoms with Crippen molar-refractivity contribution in [2.45, 2.75) is 25.7 Å². The molecular formula is C20H23FN2O. The van der Waals surface area contributed by atoms with Crippen LogP contribution in [-0.2, 0) is 6.42 Å². The fraction of sp³-hybridized carbons (Fsp3) is 0.400. The molecule has 1 saturated heterocycles. The number of pyridine rings is 1. The highest BCUT2D eigenvalue weighted by atomic mass is 19.1. The average Bonchev–Trinajstić information content (AvgIpc) is 2.63. The summed E-state index contributed by atoms with van der Waals surface area (Å²) in [4.78, 5) is 19.0. The molecule has 0 radical (unpaired) electrons. The summed E-state index contributed by atoms with van der Waals surface area (Å²) in [6.45, 7) is 2.99. The Morgan fingerprint density at radius 1 is 1.17 bits per heavy atom. The summed E-state index contributed by atoms with van der Waals surface area (Å²) in [5.74, 6) is -0.0648. The smallest absolute Gasteiger partial charge is 0.166 e. The molecule has 3 nitrogen and oxygen atoms in total. The van der Waals surface area contributed by atoms with Gasteiger partial charge in [-0.05, 0) is 81.2 Å². The Bertz CT molecular complexity index is 649. The van der Waals surface area contributed by atoms with Crippen molar-refractivity contribution in [3.05, 3.63) is 65.7 Å². The summed E-state index contributed by atoms with van der Waals surface area (Å²) in [5.41, 5.74) is 1.91. The Morgan fingerprint density at radius 3 is 2.58 bits per heavy atom. The van der Waals surface area contributed by atoms with E-state index in [9.17, 15) is 9.18 Å². The van der Waals surface area contributed by atoms with Crippen LogP contribution in [0.5, 0.6) is 0 Å². The highest BCUT2D eigenvalue weighted by Gasteiger charge is 2.25. The lowest BCUT2D eigenvalue weighted by molar-refractivity contribution is 0.0839. The molecule has 0 bridgehead atoms. The van der Waals surface area contributed by atoms with Gasteiger partial charge in [0.15, 0.2) is 5.78 Å². The van der Waals surface area contributed by atoms with Gasteiger partial charge in [0.05, 0.1) is 0 Å². The third-order valence-electron chi connectivity index (χ3n) is 4.75. The fourth-order valence-electron chi connectivity index (χ4n) is 3.32. The van der Waals surface area contributed by atoms with Gasteiger partial charge in [0.1, 0.15) is 5.82 Å². The van der Waals surface area contributed by atoms with Crippen LogP contribution in [0.15, 0.2) is 48.8 Å². The first-order valence-corrected chi connectivity index (χ1v) is 8.63. The first-order chi connectivity index (χ1) is 11.7. The first-order valence-electron chi connectivity index (χ1n) is 8.63. The van der Waals surface area contributed by atoms with Crippen molar-refractivity contribution in [1.29, 1.82) is 0 Å². The quantitative estimate of drug-likeness (QED) is 0.758. The standard InChI is InChI=1S/C20H23FN2O/c21-19-7-5-17(6-8-19)20(24)18-9-13-23(14-10-18)12-2-4-16-3-1-11-22-15-16/h1,3,5-8,11,15,18H,2,4,9-10,12-14H2. The monoisotopic (exact) mass is 326 g/mol.